The van der Waals surface area contributed by atoms with Gasteiger partial charge in [-0.25, -0.2) is 9.37 Å². The van der Waals surface area contributed by atoms with E-state index in [0.717, 1.165) is 45.2 Å². The third kappa shape index (κ3) is 23.1. The van der Waals surface area contributed by atoms with Gasteiger partial charge in [0.15, 0.2) is 29.2 Å². The summed E-state index contributed by atoms with van der Waals surface area (Å²) >= 11 is 0. The lowest BCUT2D eigenvalue weighted by Crippen LogP contribution is -3.00. The second-order valence-corrected chi connectivity index (χ2v) is 43.6. The summed E-state index contributed by atoms with van der Waals surface area (Å²) in [6, 6.07) is 35.0. The summed E-state index contributed by atoms with van der Waals surface area (Å²) < 4.78 is 32.5. The average molecular weight is 1650 g/mol. The van der Waals surface area contributed by atoms with Crippen molar-refractivity contribution in [2.24, 2.45) is 5.73 Å². The standard InChI is InChI=1S/C43H63N3O5Si.C34H40N3O4.C13H29NO4Si.2ClH/c1-31(2)52(32(3)4,51-41(6,7)30-40(48)49)50-29-26-44-39(47)25-13-12-18-27-45-37-23-17-16-22-36(37)42(8,9)38(45)24-19-28-46-33(5)34-20-14-15-21-35(34)43(46,10)11;1-33(2)24-14-8-10-16-26(24)35(5)28(33)18-13-19-29-34(3,4)25-15-9-11-17-27(25)36(29)23-12-6-7-20-32(40)41-37-30(38)21-22-31(37)39;1-10(2)19(11(3)4,17-8-7-14)18-13(5,6)9-12(15)16;;/h14-17,19-24,28,31-33H,12-13,18,25-27,29-30H2,1-11H3;8-11,13-19H,6-7,12,20-23H2,1-5H3;10-11H,7-9,14H2,1-6H3,(H,15,16);2*1H/q;+1;;;/b24-19+,46-28?;;;;. The Bertz CT molecular complexity index is 4180. The molecule has 3 amide bonds. The highest BCUT2D eigenvalue weighted by Gasteiger charge is 2.52. The van der Waals surface area contributed by atoms with Crippen LogP contribution in [-0.4, -0.2) is 157 Å². The van der Waals surface area contributed by atoms with Crippen LogP contribution in [0.2, 0.25) is 22.2 Å². The van der Waals surface area contributed by atoms with E-state index in [9.17, 15) is 33.9 Å². The normalized spacial score (nSPS) is 18.0. The number of nitrogens with two attached hydrogens (primary N) is 1. The highest BCUT2D eigenvalue weighted by atomic mass is 35.5. The summed E-state index contributed by atoms with van der Waals surface area (Å²) in [6.07, 6.45) is 19.3. The highest BCUT2D eigenvalue weighted by Crippen LogP contribution is 2.49. The molecule has 114 heavy (non-hydrogen) atoms. The molecule has 0 spiro atoms. The van der Waals surface area contributed by atoms with Gasteiger partial charge < -0.3 is 73.5 Å². The molecule has 5 aliphatic heterocycles. The first kappa shape index (κ1) is 97.3. The largest absolute Gasteiger partial charge is 1.00 e. The van der Waals surface area contributed by atoms with Crippen LogP contribution in [-0.2, 0) is 73.1 Å². The summed E-state index contributed by atoms with van der Waals surface area (Å²) in [5.74, 6) is -3.16. The molecular formula is C90H134Cl2N7O13Si2+. The fourth-order valence-corrected chi connectivity index (χ4v) is 25.0. The predicted molar refractivity (Wildman–Crippen MR) is 452 cm³/mol. The number of rotatable bonds is 36. The Morgan fingerprint density at radius 1 is 0.605 bits per heavy atom. The molecule has 0 aliphatic carbocycles. The first-order valence-electron chi connectivity index (χ1n) is 40.7. The predicted octanol–water partition coefficient (Wildman–Crippen LogP) is 11.5. The Hall–Kier alpha value is -7.26. The molecule has 24 heteroatoms. The van der Waals surface area contributed by atoms with Gasteiger partial charge in [-0.1, -0.05) is 161 Å². The number of unbranched alkanes of at least 4 members (excludes halogenated alkanes) is 4. The van der Waals surface area contributed by atoms with Crippen molar-refractivity contribution in [3.63, 3.8) is 0 Å². The van der Waals surface area contributed by atoms with Crippen LogP contribution in [0.3, 0.4) is 0 Å². The molecule has 0 bridgehead atoms. The second kappa shape index (κ2) is 41.2. The molecule has 628 valence electrons. The number of hydroxylamine groups is 2. The minimum absolute atomic E-state index is 0. The van der Waals surface area contributed by atoms with Crippen molar-refractivity contribution >= 4 is 87.5 Å². The summed E-state index contributed by atoms with van der Waals surface area (Å²) in [4.78, 5) is 78.1. The van der Waals surface area contributed by atoms with Crippen LogP contribution >= 0.6 is 0 Å². The van der Waals surface area contributed by atoms with E-state index in [1.807, 2.05) is 13.8 Å². The number of nitrogens with zero attached hydrogens (tertiary/aromatic N) is 5. The van der Waals surface area contributed by atoms with Gasteiger partial charge in [0.1, 0.15) is 13.6 Å². The number of allylic oxidation sites excluding steroid dienone is 6. The van der Waals surface area contributed by atoms with Crippen molar-refractivity contribution in [1.29, 1.82) is 0 Å². The molecule has 9 rings (SSSR count). The summed E-state index contributed by atoms with van der Waals surface area (Å²) in [7, 11) is -3.16. The number of benzene rings is 4. The first-order chi connectivity index (χ1) is 52.4. The molecule has 0 aromatic heterocycles. The van der Waals surface area contributed by atoms with E-state index in [2.05, 4.69) is 282 Å². The zero-order valence-electron chi connectivity index (χ0n) is 72.3. The van der Waals surface area contributed by atoms with Gasteiger partial charge in [0, 0.05) is 149 Å². The number of carbonyl (C=O) groups excluding carboxylic acids is 4. The molecule has 5 heterocycles. The van der Waals surface area contributed by atoms with Crippen molar-refractivity contribution in [2.75, 3.05) is 51.3 Å². The molecule has 1 unspecified atom stereocenters. The molecule has 0 saturated carbocycles. The number of amides is 3. The fourth-order valence-electron chi connectivity index (χ4n) is 17.2. The zero-order valence-corrected chi connectivity index (χ0v) is 75.8. The number of fused-ring (bicyclic) bond motifs is 4. The molecule has 4 aromatic carbocycles. The minimum Gasteiger partial charge on any atom is -1.00 e. The monoisotopic (exact) mass is 1650 g/mol. The number of hydrogen-bond acceptors (Lipinski definition) is 13. The number of nitrogens with one attached hydrogen (secondary N) is 1. The summed E-state index contributed by atoms with van der Waals surface area (Å²) in [5, 5.41) is 22.0. The van der Waals surface area contributed by atoms with E-state index in [-0.39, 0.29) is 107 Å². The molecule has 4 aromatic rings. The Morgan fingerprint density at radius 3 is 1.61 bits per heavy atom. The minimum atomic E-state index is -2.78. The van der Waals surface area contributed by atoms with E-state index in [0.29, 0.717) is 50.2 Å². The maximum absolute atomic E-state index is 12.8. The number of hydrogen-bond donors (Lipinski definition) is 4. The van der Waals surface area contributed by atoms with Gasteiger partial charge in [0.05, 0.1) is 41.5 Å². The van der Waals surface area contributed by atoms with Gasteiger partial charge in [-0.15, -0.1) is 5.06 Å². The number of aliphatic carboxylic acids is 2. The molecule has 1 saturated heterocycles. The number of carboxylic acids is 2. The second-order valence-electron chi connectivity index (χ2n) is 35.1. The van der Waals surface area contributed by atoms with Gasteiger partial charge in [-0.2, -0.15) is 9.15 Å². The quantitative estimate of drug-likeness (QED) is 0.0143. The number of carboxylic acid groups (broad SMARTS) is 2. The molecule has 5 aliphatic rings. The summed E-state index contributed by atoms with van der Waals surface area (Å²) in [6.45, 7) is 47.8. The lowest BCUT2D eigenvalue weighted by Gasteiger charge is -2.43. The van der Waals surface area contributed by atoms with Gasteiger partial charge in [0.2, 0.25) is 17.3 Å². The maximum Gasteiger partial charge on any atom is 0.343 e. The Kier molecular flexibility index (Phi) is 35.2. The molecule has 20 nitrogen and oxygen atoms in total. The molecule has 0 radical (unpaired) electrons. The van der Waals surface area contributed by atoms with E-state index in [1.165, 1.54) is 62.0 Å². The van der Waals surface area contributed by atoms with Gasteiger partial charge in [0.25, 0.3) is 11.8 Å². The van der Waals surface area contributed by atoms with Gasteiger partial charge >= 0.3 is 35.0 Å². The Labute approximate surface area is 695 Å². The average Bonchev–Trinajstić information content (AvgIpc) is 1.61. The molecule has 1 atom stereocenters. The number of anilines is 1. The van der Waals surface area contributed by atoms with Crippen molar-refractivity contribution in [2.45, 2.75) is 284 Å². The lowest BCUT2D eigenvalue weighted by atomic mass is 9.81. The fraction of sp³-hybridized carbons (Fsp3) is 0.567. The van der Waals surface area contributed by atoms with Gasteiger partial charge in [-0.05, 0) is 121 Å². The van der Waals surface area contributed by atoms with Crippen LogP contribution in [0.5, 0.6) is 0 Å². The van der Waals surface area contributed by atoms with E-state index in [4.69, 9.17) is 33.4 Å². The van der Waals surface area contributed by atoms with Crippen LogP contribution in [0, 0.1) is 0 Å². The van der Waals surface area contributed by atoms with Crippen molar-refractivity contribution in [3.05, 3.63) is 161 Å². The smallest absolute Gasteiger partial charge is 0.343 e. The van der Waals surface area contributed by atoms with Crippen molar-refractivity contribution < 1.29 is 100 Å². The third-order valence-corrected chi connectivity index (χ3v) is 32.4. The topological polar surface area (TPSA) is 243 Å². The number of para-hydroxylation sites is 3. The van der Waals surface area contributed by atoms with Crippen LogP contribution in [0.1, 0.15) is 256 Å². The van der Waals surface area contributed by atoms with E-state index >= 15 is 0 Å². The van der Waals surface area contributed by atoms with Crippen LogP contribution in [0.4, 0.5) is 17.1 Å². The maximum atomic E-state index is 12.8. The zero-order chi connectivity index (χ0) is 83.1. The number of carbonyl (C=O) groups is 6. The van der Waals surface area contributed by atoms with Crippen LogP contribution < -0.4 is 40.8 Å². The first-order valence-corrected chi connectivity index (χ1v) is 44.7. The number of imide groups is 1. The highest BCUT2D eigenvalue weighted by molar-refractivity contribution is 6.70. The van der Waals surface area contributed by atoms with E-state index in [1.54, 1.807) is 13.8 Å². The Balaban J connectivity index is 0.000000333. The SMILES string of the molecule is CC(C)[Si](OCCN)(OC(C)(C)CC(=O)O)C(C)C.CC1c2ccccc2C(C)(C)[N+]1=C/C=C/C1=[N+](CCCCCC(=O)NCCO[Si](OC(C)(C)CC(=O)O)(C(C)C)C(C)C)c2ccccc2C1(C)C.C[N+]1=C(C=CC=C2N(CCCCCC(=O)ON3C(=O)CCC3=O)c3ccccc3C2(C)C)C(C)(C)c2ccccc21.[Cl-].[Cl-]. The Morgan fingerprint density at radius 2 is 1.08 bits per heavy atom. The van der Waals surface area contributed by atoms with Crippen LogP contribution in [0.25, 0.3) is 0 Å². The molecule has 5 N–H and O–H groups in total. The molecular weight excluding hydrogens is 1510 g/mol. The van der Waals surface area contributed by atoms with Crippen LogP contribution in [0.15, 0.2) is 133 Å². The lowest BCUT2D eigenvalue weighted by molar-refractivity contribution is -0.628. The third-order valence-electron chi connectivity index (χ3n) is 22.9. The van der Waals surface area contributed by atoms with Crippen molar-refractivity contribution in [1.82, 2.24) is 10.4 Å². The molecule has 1 fully saturated rings. The number of halogens is 2. The van der Waals surface area contributed by atoms with Crippen molar-refractivity contribution in [3.8, 4) is 0 Å². The summed E-state index contributed by atoms with van der Waals surface area (Å²) in [5.41, 5.74) is 18.5. The van der Waals surface area contributed by atoms with E-state index < -0.39 is 58.0 Å². The van der Waals surface area contributed by atoms with Gasteiger partial charge in [-0.3, -0.25) is 24.0 Å².